The van der Waals surface area contributed by atoms with Crippen molar-refractivity contribution in [3.63, 3.8) is 0 Å². The molecule has 0 spiro atoms. The van der Waals surface area contributed by atoms with Crippen LogP contribution in [0.3, 0.4) is 0 Å². The molecule has 3 heterocycles. The average Bonchev–Trinajstić information content (AvgIpc) is 3.85. The molecule has 346 valence electrons. The number of halogens is 1. The maximum Gasteiger partial charge on any atom is 0.495 e. The van der Waals surface area contributed by atoms with Crippen LogP contribution < -0.4 is 5.46 Å². The summed E-state index contributed by atoms with van der Waals surface area (Å²) in [6, 6.07) is 21.4. The van der Waals surface area contributed by atoms with Crippen LogP contribution in [0.5, 0.6) is 0 Å². The van der Waals surface area contributed by atoms with Gasteiger partial charge in [-0.1, -0.05) is 64.1 Å². The van der Waals surface area contributed by atoms with Gasteiger partial charge >= 0.3 is 7.12 Å². The van der Waals surface area contributed by atoms with Crippen LogP contribution in [0.2, 0.25) is 0 Å². The zero-order chi connectivity index (χ0) is 47.8. The summed E-state index contributed by atoms with van der Waals surface area (Å²) >= 11 is 3.51. The maximum absolute atomic E-state index is 9.31. The minimum Gasteiger partial charge on any atom is -0.399 e. The van der Waals surface area contributed by atoms with E-state index in [9.17, 15) is 5.11 Å². The van der Waals surface area contributed by atoms with E-state index in [1.165, 1.54) is 51.7 Å². The van der Waals surface area contributed by atoms with E-state index < -0.39 is 0 Å². The summed E-state index contributed by atoms with van der Waals surface area (Å²) in [7, 11) is -0.230. The second-order valence-corrected chi connectivity index (χ2v) is 22.1. The first kappa shape index (κ1) is 49.2. The van der Waals surface area contributed by atoms with Crippen molar-refractivity contribution in [2.24, 2.45) is 10.8 Å². The van der Waals surface area contributed by atoms with Crippen LogP contribution in [0.1, 0.15) is 114 Å². The first-order valence-corrected chi connectivity index (χ1v) is 24.5. The fourth-order valence-corrected chi connectivity index (χ4v) is 10.5. The zero-order valence-electron chi connectivity index (χ0n) is 40.9. The Morgan fingerprint density at radius 1 is 0.652 bits per heavy atom. The smallest absolute Gasteiger partial charge is 0.399 e. The van der Waals surface area contributed by atoms with E-state index in [1.54, 1.807) is 0 Å². The summed E-state index contributed by atoms with van der Waals surface area (Å²) in [6.45, 7) is 38.4. The van der Waals surface area contributed by atoms with Gasteiger partial charge in [-0.2, -0.15) is 0 Å². The molecule has 6 aromatic rings. The van der Waals surface area contributed by atoms with Crippen molar-refractivity contribution in [3.8, 4) is 11.1 Å². The summed E-state index contributed by atoms with van der Waals surface area (Å²) < 4.78 is 17.8. The third-order valence-corrected chi connectivity index (χ3v) is 15.2. The number of aryl methyl sites for hydroxylation is 4. The number of aliphatic hydroxyl groups excluding tert-OH is 2. The van der Waals surface area contributed by atoms with Gasteiger partial charge in [-0.05, 0) is 194 Å². The first-order chi connectivity index (χ1) is 31.2. The Hall–Kier alpha value is -4.68. The van der Waals surface area contributed by atoms with Gasteiger partial charge in [0.15, 0.2) is 11.4 Å². The Morgan fingerprint density at radius 3 is 1.68 bits per heavy atom. The number of aromatic nitrogens is 2. The molecule has 0 unspecified atom stereocenters. The molecule has 2 aromatic heterocycles. The van der Waals surface area contributed by atoms with Crippen molar-refractivity contribution >= 4 is 61.7 Å². The predicted molar refractivity (Wildman–Crippen MR) is 276 cm³/mol. The molecule has 66 heavy (non-hydrogen) atoms. The van der Waals surface area contributed by atoms with Gasteiger partial charge in [0.05, 0.1) is 24.3 Å². The molecule has 0 bridgehead atoms. The van der Waals surface area contributed by atoms with Crippen molar-refractivity contribution < 1.29 is 19.5 Å². The first-order valence-electron chi connectivity index (χ1n) is 23.7. The lowest BCUT2D eigenvalue weighted by Gasteiger charge is -2.32. The van der Waals surface area contributed by atoms with Gasteiger partial charge in [0.1, 0.15) is 0 Å². The molecule has 1 fully saturated rings. The summed E-state index contributed by atoms with van der Waals surface area (Å²) in [4.78, 5) is 7.25. The van der Waals surface area contributed by atoms with Crippen molar-refractivity contribution in [2.75, 3.05) is 13.2 Å². The van der Waals surface area contributed by atoms with Crippen LogP contribution in [-0.4, -0.2) is 50.9 Å². The van der Waals surface area contributed by atoms with E-state index >= 15 is 0 Å². The lowest BCUT2D eigenvalue weighted by molar-refractivity contribution is 0.00578. The number of hydrogen-bond acceptors (Lipinski definition) is 4. The number of fused-ring (bicyclic) bond motifs is 4. The third kappa shape index (κ3) is 10.2. The van der Waals surface area contributed by atoms with Crippen molar-refractivity contribution in [1.29, 1.82) is 0 Å². The molecular weight excluding hydrogens is 883 g/mol. The van der Waals surface area contributed by atoms with E-state index in [4.69, 9.17) is 27.6 Å². The molecule has 0 radical (unpaired) electrons. The summed E-state index contributed by atoms with van der Waals surface area (Å²) in [5, 5.41) is 20.4. The number of rotatable bonds is 8. The van der Waals surface area contributed by atoms with E-state index in [0.717, 1.165) is 94.7 Å². The van der Waals surface area contributed by atoms with E-state index in [2.05, 4.69) is 145 Å². The molecule has 10 heteroatoms. The van der Waals surface area contributed by atoms with Crippen molar-refractivity contribution in [3.05, 3.63) is 134 Å². The second kappa shape index (κ2) is 19.5. The fourth-order valence-electron chi connectivity index (χ4n) is 9.92. The molecule has 1 saturated heterocycles. The molecule has 9 rings (SSSR count). The normalized spacial score (nSPS) is 17.5. The zero-order valence-corrected chi connectivity index (χ0v) is 42.5. The molecule has 0 atom stereocenters. The minimum absolute atomic E-state index is 0.184. The van der Waals surface area contributed by atoms with Crippen LogP contribution in [0.25, 0.3) is 42.6 Å². The monoisotopic (exact) mass is 950 g/mol. The fraction of sp³-hybridized carbons (Fsp3) is 0.464. The summed E-state index contributed by atoms with van der Waals surface area (Å²) in [5.74, 6) is 0. The Morgan fingerprint density at radius 2 is 1.14 bits per heavy atom. The minimum atomic E-state index is -0.270. The van der Waals surface area contributed by atoms with Gasteiger partial charge < -0.3 is 28.7 Å². The van der Waals surface area contributed by atoms with Crippen LogP contribution >= 0.6 is 15.9 Å². The Labute approximate surface area is 402 Å². The molecule has 0 saturated carbocycles. The van der Waals surface area contributed by atoms with E-state index in [-0.39, 0.29) is 31.5 Å². The van der Waals surface area contributed by atoms with Gasteiger partial charge in [0.2, 0.25) is 0 Å². The highest BCUT2D eigenvalue weighted by atomic mass is 79.9. The lowest BCUT2D eigenvalue weighted by Crippen LogP contribution is -2.41. The summed E-state index contributed by atoms with van der Waals surface area (Å²) in [5.41, 5.74) is 15.5. The van der Waals surface area contributed by atoms with Crippen LogP contribution in [0, 0.1) is 37.8 Å². The van der Waals surface area contributed by atoms with Gasteiger partial charge in [-0.3, -0.25) is 0 Å². The Kier molecular flexibility index (Phi) is 14.6. The number of nitrogens with zero attached hydrogens (tertiary/aromatic N) is 4. The highest BCUT2D eigenvalue weighted by molar-refractivity contribution is 9.10. The van der Waals surface area contributed by atoms with Crippen LogP contribution in [0.15, 0.2) is 77.5 Å². The molecule has 0 amide bonds. The topological polar surface area (TPSA) is 77.5 Å². The van der Waals surface area contributed by atoms with Crippen molar-refractivity contribution in [1.82, 2.24) is 9.13 Å². The number of aliphatic hydroxyl groups is 2. The van der Waals surface area contributed by atoms with Crippen LogP contribution in [-0.2, 0) is 48.1 Å². The SMILES string of the molecule is CC1(C)CCc2c(cccc2B2OC(C)(C)C(C)(C)O2)C1.[C-]#[N+]c1cc2c(-c3cccc4c3CCC(C)(C)C4)cn(CCCO)c2cc1C.[C-]#[N+]c1cc2c(Br)cn(CCCO)c2cc1C. The molecule has 4 aromatic carbocycles. The highest BCUT2D eigenvalue weighted by Gasteiger charge is 2.52. The Balaban J connectivity index is 0.000000152. The number of benzene rings is 4. The molecule has 2 N–H and O–H groups in total. The highest BCUT2D eigenvalue weighted by Crippen LogP contribution is 2.43. The maximum atomic E-state index is 9.31. The lowest BCUT2D eigenvalue weighted by atomic mass is 9.67. The quantitative estimate of drug-likeness (QED) is 0.118. The summed E-state index contributed by atoms with van der Waals surface area (Å²) in [6.07, 6.45) is 12.6. The molecular formula is C56H68BBrN4O4. The third-order valence-electron chi connectivity index (χ3n) is 14.5. The standard InChI is InChI=1S/C25H28N2O.C18H27BO2.C13H13BrN2O/c1-17-13-24-21(14-23(17)26-4)22(16-27(24)11-6-12-28)20-8-5-7-18-15-25(2,3)10-9-19(18)20;1-16(2)11-10-14-13(12-16)8-7-9-15(14)19-20-17(3,4)18(5,6)21-19;1-9-6-13-10(7-12(9)15-2)11(14)8-16(13)4-3-5-17/h5,7-8,13-14,16,28H,6,9-12,15H2,1-3H3;7-9H,10-12H2,1-6H3;6-8,17H,3-5H2,1H3. The van der Waals surface area contributed by atoms with E-state index in [1.807, 2.05) is 32.2 Å². The molecule has 3 aliphatic rings. The number of hydrogen-bond donors (Lipinski definition) is 2. The predicted octanol–water partition coefficient (Wildman–Crippen LogP) is 13.2. The molecule has 1 aliphatic heterocycles. The molecule has 8 nitrogen and oxygen atoms in total. The second-order valence-electron chi connectivity index (χ2n) is 21.3. The van der Waals surface area contributed by atoms with Gasteiger partial charge in [0.25, 0.3) is 0 Å². The largest absolute Gasteiger partial charge is 0.495 e. The molecule has 2 aliphatic carbocycles. The van der Waals surface area contributed by atoms with Gasteiger partial charge in [-0.25, -0.2) is 9.69 Å². The van der Waals surface area contributed by atoms with Gasteiger partial charge in [0, 0.05) is 65.2 Å². The van der Waals surface area contributed by atoms with E-state index in [0.29, 0.717) is 16.5 Å². The van der Waals surface area contributed by atoms with Gasteiger partial charge in [-0.15, -0.1) is 0 Å². The average molecular weight is 952 g/mol. The van der Waals surface area contributed by atoms with Crippen molar-refractivity contribution in [2.45, 2.75) is 145 Å². The Bertz CT molecular complexity index is 2820. The van der Waals surface area contributed by atoms with Crippen LogP contribution in [0.4, 0.5) is 11.4 Å².